The summed E-state index contributed by atoms with van der Waals surface area (Å²) in [6.45, 7) is 1.80. The molecular formula is C40H39F3N2O5. The molecular weight excluding hydrogens is 645 g/mol. The molecule has 1 aliphatic rings. The Morgan fingerprint density at radius 2 is 1.54 bits per heavy atom. The molecule has 5 rings (SSSR count). The molecule has 0 spiro atoms. The third-order valence-electron chi connectivity index (χ3n) is 8.76. The molecule has 4 aromatic carbocycles. The molecule has 0 fully saturated rings. The van der Waals surface area contributed by atoms with Gasteiger partial charge in [-0.05, 0) is 90.6 Å². The van der Waals surface area contributed by atoms with Gasteiger partial charge >= 0.3 is 12.3 Å². The fourth-order valence-corrected chi connectivity index (χ4v) is 6.22. The molecule has 50 heavy (non-hydrogen) atoms. The van der Waals surface area contributed by atoms with Crippen LogP contribution < -0.4 is 15.4 Å². The highest BCUT2D eigenvalue weighted by Gasteiger charge is 2.32. The molecule has 0 heterocycles. The molecule has 0 saturated heterocycles. The minimum absolute atomic E-state index is 0.00725. The standard InChI is InChI=1S/C40H39F3N2O5/c1-26(32-11-5-6-12-33(32)34-13-7-8-14-36(34)50-40(41,42)43)45-39(49)35(30-21-19-29(20-22-30)28-9-3-2-4-10-28)25-27-15-17-31(18-16-27)38(48)44-24-23-37(46)47/h5-9,11-22,26,35H,2-4,10,23-25H2,1H3,(H,44,48)(H,45,49)(H,46,47). The monoisotopic (exact) mass is 684 g/mol. The van der Waals surface area contributed by atoms with Crippen LogP contribution in [-0.4, -0.2) is 35.8 Å². The third kappa shape index (κ3) is 9.62. The van der Waals surface area contributed by atoms with Gasteiger partial charge in [0.25, 0.3) is 5.91 Å². The summed E-state index contributed by atoms with van der Waals surface area (Å²) in [6, 6.07) is 27.1. The number of halogens is 3. The molecule has 260 valence electrons. The first-order valence-corrected chi connectivity index (χ1v) is 16.6. The molecule has 2 amide bonds. The van der Waals surface area contributed by atoms with E-state index in [-0.39, 0.29) is 30.2 Å². The number of carboxylic acids is 1. The lowest BCUT2D eigenvalue weighted by Crippen LogP contribution is -2.33. The average molecular weight is 685 g/mol. The van der Waals surface area contributed by atoms with Gasteiger partial charge in [0.05, 0.1) is 18.4 Å². The molecule has 3 N–H and O–H groups in total. The van der Waals surface area contributed by atoms with Crippen molar-refractivity contribution in [2.24, 2.45) is 0 Å². The number of hydrogen-bond donors (Lipinski definition) is 3. The number of aliphatic carboxylic acids is 1. The Balaban J connectivity index is 1.40. The summed E-state index contributed by atoms with van der Waals surface area (Å²) in [7, 11) is 0. The van der Waals surface area contributed by atoms with Gasteiger partial charge in [0.1, 0.15) is 5.75 Å². The average Bonchev–Trinajstić information content (AvgIpc) is 3.10. The van der Waals surface area contributed by atoms with Gasteiger partial charge in [-0.1, -0.05) is 84.9 Å². The maximum absolute atomic E-state index is 14.2. The van der Waals surface area contributed by atoms with Gasteiger partial charge in [-0.25, -0.2) is 0 Å². The number of rotatable bonds is 13. The first kappa shape index (κ1) is 35.9. The Kier molecular flexibility index (Phi) is 11.7. The van der Waals surface area contributed by atoms with Gasteiger partial charge < -0.3 is 20.5 Å². The van der Waals surface area contributed by atoms with E-state index in [0.717, 1.165) is 36.0 Å². The quantitative estimate of drug-likeness (QED) is 0.131. The van der Waals surface area contributed by atoms with E-state index in [0.29, 0.717) is 23.1 Å². The van der Waals surface area contributed by atoms with E-state index in [1.165, 1.54) is 24.1 Å². The Morgan fingerprint density at radius 1 is 0.860 bits per heavy atom. The maximum atomic E-state index is 14.2. The summed E-state index contributed by atoms with van der Waals surface area (Å²) in [5.74, 6) is -2.64. The zero-order valence-corrected chi connectivity index (χ0v) is 27.6. The second kappa shape index (κ2) is 16.3. The number of nitrogens with one attached hydrogen (secondary N) is 2. The van der Waals surface area contributed by atoms with Gasteiger partial charge in [-0.3, -0.25) is 14.4 Å². The van der Waals surface area contributed by atoms with Gasteiger partial charge in [-0.2, -0.15) is 0 Å². The first-order chi connectivity index (χ1) is 24.0. The number of benzene rings is 4. The van der Waals surface area contributed by atoms with Crippen molar-refractivity contribution < 1.29 is 37.4 Å². The number of carboxylic acid groups (broad SMARTS) is 1. The highest BCUT2D eigenvalue weighted by molar-refractivity contribution is 5.94. The Labute approximate surface area is 289 Å². The largest absolute Gasteiger partial charge is 0.573 e. The number of carbonyl (C=O) groups is 3. The summed E-state index contributed by atoms with van der Waals surface area (Å²) in [6.07, 6.45) is 1.88. The number of para-hydroxylation sites is 1. The van der Waals surface area contributed by atoms with Crippen LogP contribution in [0.25, 0.3) is 16.7 Å². The molecule has 4 aromatic rings. The van der Waals surface area contributed by atoms with Crippen LogP contribution in [0, 0.1) is 0 Å². The molecule has 0 radical (unpaired) electrons. The minimum atomic E-state index is -4.87. The summed E-state index contributed by atoms with van der Waals surface area (Å²) < 4.78 is 44.1. The van der Waals surface area contributed by atoms with Crippen molar-refractivity contribution in [1.82, 2.24) is 10.6 Å². The van der Waals surface area contributed by atoms with Crippen molar-refractivity contribution in [3.05, 3.63) is 131 Å². The number of hydrogen-bond acceptors (Lipinski definition) is 4. The zero-order valence-electron chi connectivity index (χ0n) is 27.6. The minimum Gasteiger partial charge on any atom is -0.481 e. The Morgan fingerprint density at radius 3 is 2.20 bits per heavy atom. The van der Waals surface area contributed by atoms with Crippen LogP contribution in [0.3, 0.4) is 0 Å². The normalized spacial score (nSPS) is 14.2. The third-order valence-corrected chi connectivity index (χ3v) is 8.76. The molecule has 10 heteroatoms. The number of allylic oxidation sites excluding steroid dienone is 2. The van der Waals surface area contributed by atoms with E-state index >= 15 is 0 Å². The molecule has 0 bridgehead atoms. The van der Waals surface area contributed by atoms with E-state index in [4.69, 9.17) is 5.11 Å². The van der Waals surface area contributed by atoms with Gasteiger partial charge in [0, 0.05) is 17.7 Å². The fourth-order valence-electron chi connectivity index (χ4n) is 6.22. The summed E-state index contributed by atoms with van der Waals surface area (Å²) in [5.41, 5.74) is 5.74. The van der Waals surface area contributed by atoms with E-state index in [2.05, 4.69) is 21.4 Å². The van der Waals surface area contributed by atoms with Crippen LogP contribution in [0.15, 0.2) is 103 Å². The lowest BCUT2D eigenvalue weighted by atomic mass is 9.87. The Hall–Kier alpha value is -5.38. The number of amides is 2. The molecule has 0 saturated carbocycles. The van der Waals surface area contributed by atoms with E-state index in [9.17, 15) is 27.6 Å². The lowest BCUT2D eigenvalue weighted by molar-refractivity contribution is -0.274. The first-order valence-electron chi connectivity index (χ1n) is 16.6. The number of carbonyl (C=O) groups excluding carboxylic acids is 2. The van der Waals surface area contributed by atoms with E-state index in [1.54, 1.807) is 67.6 Å². The van der Waals surface area contributed by atoms with Crippen molar-refractivity contribution in [3.8, 4) is 16.9 Å². The van der Waals surface area contributed by atoms with E-state index < -0.39 is 30.2 Å². The maximum Gasteiger partial charge on any atom is 0.573 e. The topological polar surface area (TPSA) is 105 Å². The van der Waals surface area contributed by atoms with Gasteiger partial charge in [0.2, 0.25) is 5.91 Å². The fraction of sp³-hybridized carbons (Fsp3) is 0.275. The molecule has 7 nitrogen and oxygen atoms in total. The predicted molar refractivity (Wildman–Crippen MR) is 185 cm³/mol. The predicted octanol–water partition coefficient (Wildman–Crippen LogP) is 8.62. The lowest BCUT2D eigenvalue weighted by Gasteiger charge is -2.24. The summed E-state index contributed by atoms with van der Waals surface area (Å²) in [5, 5.41) is 14.5. The van der Waals surface area contributed by atoms with Gasteiger partial charge in [-0.15, -0.1) is 13.2 Å². The highest BCUT2D eigenvalue weighted by atomic mass is 19.4. The van der Waals surface area contributed by atoms with Crippen LogP contribution in [0.1, 0.15) is 83.6 Å². The van der Waals surface area contributed by atoms with Crippen molar-refractivity contribution in [2.75, 3.05) is 6.54 Å². The van der Waals surface area contributed by atoms with Crippen LogP contribution in [0.5, 0.6) is 5.75 Å². The van der Waals surface area contributed by atoms with Gasteiger partial charge in [0.15, 0.2) is 0 Å². The van der Waals surface area contributed by atoms with Crippen LogP contribution in [0.4, 0.5) is 13.2 Å². The summed E-state index contributed by atoms with van der Waals surface area (Å²) >= 11 is 0. The zero-order chi connectivity index (χ0) is 35.7. The van der Waals surface area contributed by atoms with Crippen molar-refractivity contribution in [3.63, 3.8) is 0 Å². The second-order valence-corrected chi connectivity index (χ2v) is 12.3. The molecule has 0 aromatic heterocycles. The SMILES string of the molecule is CC(NC(=O)C(Cc1ccc(C(=O)NCCC(=O)O)cc1)c1ccc(C2=CCCCC2)cc1)c1ccccc1-c1ccccc1OC(F)(F)F. The smallest absolute Gasteiger partial charge is 0.481 e. The highest BCUT2D eigenvalue weighted by Crippen LogP contribution is 2.37. The van der Waals surface area contributed by atoms with Crippen LogP contribution in [-0.2, 0) is 16.0 Å². The van der Waals surface area contributed by atoms with Crippen molar-refractivity contribution >= 4 is 23.4 Å². The van der Waals surface area contributed by atoms with E-state index in [1.807, 2.05) is 24.3 Å². The Bertz CT molecular complexity index is 1840. The number of alkyl halides is 3. The van der Waals surface area contributed by atoms with Crippen LogP contribution >= 0.6 is 0 Å². The molecule has 0 aliphatic heterocycles. The number of ether oxygens (including phenoxy) is 1. The molecule has 1 aliphatic carbocycles. The van der Waals surface area contributed by atoms with Crippen molar-refractivity contribution in [1.29, 1.82) is 0 Å². The van der Waals surface area contributed by atoms with Crippen LogP contribution in [0.2, 0.25) is 0 Å². The van der Waals surface area contributed by atoms with Crippen molar-refractivity contribution in [2.45, 2.75) is 63.8 Å². The molecule has 2 atom stereocenters. The molecule has 2 unspecified atom stereocenters. The summed E-state index contributed by atoms with van der Waals surface area (Å²) in [4.78, 5) is 37.4. The second-order valence-electron chi connectivity index (χ2n) is 12.3.